The molecule has 0 atom stereocenters. The van der Waals surface area contributed by atoms with Gasteiger partial charge in [-0.15, -0.1) is 0 Å². The van der Waals surface area contributed by atoms with E-state index in [1.165, 1.54) is 0 Å². The Bertz CT molecular complexity index is 1020. The molecule has 0 spiro atoms. The minimum absolute atomic E-state index is 0.315. The molecule has 0 bridgehead atoms. The molecule has 0 N–H and O–H groups in total. The molecule has 2 aromatic rings. The lowest BCUT2D eigenvalue weighted by molar-refractivity contribution is 0.100. The molecule has 2 aromatic carbocycles. The maximum Gasteiger partial charge on any atom is 0.280 e. The lowest BCUT2D eigenvalue weighted by Crippen LogP contribution is -2.24. The Balaban J connectivity index is 1.83. The van der Waals surface area contributed by atoms with E-state index < -0.39 is 0 Å². The Hall–Kier alpha value is -2.06. The molecule has 128 valence electrons. The summed E-state index contributed by atoms with van der Waals surface area (Å²) in [7, 11) is 0. The van der Waals surface area contributed by atoms with Gasteiger partial charge in [0.15, 0.2) is 5.84 Å². The molecule has 2 heterocycles. The molecular formula is C20H13BrIN3O. The molecule has 0 saturated heterocycles. The highest BCUT2D eigenvalue weighted by Gasteiger charge is 2.22. The van der Waals surface area contributed by atoms with Gasteiger partial charge in [-0.1, -0.05) is 36.4 Å². The first-order valence-electron chi connectivity index (χ1n) is 7.98. The molecular weight excluding hydrogens is 505 g/mol. The number of rotatable bonds is 1. The molecule has 0 aromatic heterocycles. The highest BCUT2D eigenvalue weighted by atomic mass is 127. The van der Waals surface area contributed by atoms with Crippen LogP contribution in [0, 0.1) is 0 Å². The van der Waals surface area contributed by atoms with E-state index in [0.717, 1.165) is 25.0 Å². The van der Waals surface area contributed by atoms with Crippen molar-refractivity contribution in [1.29, 1.82) is 0 Å². The van der Waals surface area contributed by atoms with Gasteiger partial charge in [0, 0.05) is 26.4 Å². The summed E-state index contributed by atoms with van der Waals surface area (Å²) in [6.07, 6.45) is 6.00. The van der Waals surface area contributed by atoms with Gasteiger partial charge in [-0.25, -0.2) is 4.99 Å². The maximum atomic E-state index is 12.7. The van der Waals surface area contributed by atoms with Crippen LogP contribution in [0.3, 0.4) is 0 Å². The van der Waals surface area contributed by atoms with Gasteiger partial charge < -0.3 is 4.90 Å². The Morgan fingerprint density at radius 3 is 2.73 bits per heavy atom. The van der Waals surface area contributed by atoms with Crippen molar-refractivity contribution in [2.24, 2.45) is 9.98 Å². The fourth-order valence-corrected chi connectivity index (χ4v) is 3.81. The summed E-state index contributed by atoms with van der Waals surface area (Å²) in [5.74, 6) is 0.902. The molecule has 0 fully saturated rings. The van der Waals surface area contributed by atoms with Gasteiger partial charge in [0.1, 0.15) is 5.84 Å². The summed E-state index contributed by atoms with van der Waals surface area (Å²) in [6.45, 7) is 0.689. The van der Waals surface area contributed by atoms with Crippen molar-refractivity contribution in [3.63, 3.8) is 0 Å². The molecule has 2 aliphatic heterocycles. The van der Waals surface area contributed by atoms with E-state index >= 15 is 0 Å². The minimum atomic E-state index is -0.315. The monoisotopic (exact) mass is 517 g/mol. The van der Waals surface area contributed by atoms with Crippen LogP contribution in [0.1, 0.15) is 21.5 Å². The highest BCUT2D eigenvalue weighted by Crippen LogP contribution is 2.24. The number of carbonyl (C=O) groups is 1. The fourth-order valence-electron chi connectivity index (χ4n) is 2.84. The summed E-state index contributed by atoms with van der Waals surface area (Å²) in [5.41, 5.74) is 2.49. The predicted octanol–water partition coefficient (Wildman–Crippen LogP) is 5.10. The van der Waals surface area contributed by atoms with Crippen LogP contribution in [0.15, 0.2) is 84.9 Å². The number of hydrogen-bond donors (Lipinski definition) is 0. The number of aliphatic imine (C=N–C) groups is 2. The first-order chi connectivity index (χ1) is 12.6. The van der Waals surface area contributed by atoms with Crippen LogP contribution in [0.25, 0.3) is 0 Å². The number of carbonyl (C=O) groups excluding carboxylic acids is 1. The van der Waals surface area contributed by atoms with E-state index in [2.05, 4.69) is 54.6 Å². The van der Waals surface area contributed by atoms with Gasteiger partial charge in [0.05, 0.1) is 5.56 Å². The Morgan fingerprint density at radius 2 is 1.88 bits per heavy atom. The van der Waals surface area contributed by atoms with E-state index in [0.29, 0.717) is 17.9 Å². The SMILES string of the molecule is O=C(N=C1N=C2C=CC(I)=CN2Cc2ccccc21)c1ccccc1Br. The van der Waals surface area contributed by atoms with E-state index in [1.54, 1.807) is 6.07 Å². The second-order valence-corrected chi connectivity index (χ2v) is 7.92. The van der Waals surface area contributed by atoms with E-state index in [1.807, 2.05) is 54.6 Å². The van der Waals surface area contributed by atoms with Crippen LogP contribution in [0.4, 0.5) is 0 Å². The third kappa shape index (κ3) is 3.43. The van der Waals surface area contributed by atoms with Crippen molar-refractivity contribution in [3.05, 3.63) is 91.6 Å². The summed E-state index contributed by atoms with van der Waals surface area (Å²) in [6, 6.07) is 15.2. The zero-order chi connectivity index (χ0) is 18.1. The third-order valence-corrected chi connectivity index (χ3v) is 5.43. The molecule has 6 heteroatoms. The van der Waals surface area contributed by atoms with Gasteiger partial charge in [-0.05, 0) is 68.4 Å². The number of allylic oxidation sites excluding steroid dienone is 2. The Labute approximate surface area is 173 Å². The standard InChI is InChI=1S/C20H13BrIN3O/c21-17-8-4-3-7-16(17)20(26)24-19-15-6-2-1-5-13(15)11-25-12-14(22)9-10-18(25)23-19/h1-10,12H,11H2. The zero-order valence-corrected chi connectivity index (χ0v) is 17.3. The fraction of sp³-hybridized carbons (Fsp3) is 0.0500. The molecule has 4 nitrogen and oxygen atoms in total. The van der Waals surface area contributed by atoms with E-state index in [-0.39, 0.29) is 5.91 Å². The quantitative estimate of drug-likeness (QED) is 0.494. The third-order valence-electron chi connectivity index (χ3n) is 4.10. The highest BCUT2D eigenvalue weighted by molar-refractivity contribution is 14.1. The average molecular weight is 518 g/mol. The van der Waals surface area contributed by atoms with Gasteiger partial charge >= 0.3 is 0 Å². The first-order valence-corrected chi connectivity index (χ1v) is 9.85. The average Bonchev–Trinajstić information content (AvgIpc) is 2.78. The summed E-state index contributed by atoms with van der Waals surface area (Å²) in [5, 5.41) is 0. The van der Waals surface area contributed by atoms with E-state index in [4.69, 9.17) is 4.99 Å². The molecule has 26 heavy (non-hydrogen) atoms. The van der Waals surface area contributed by atoms with Crippen LogP contribution >= 0.6 is 38.5 Å². The minimum Gasteiger partial charge on any atom is -0.327 e. The number of halogens is 2. The van der Waals surface area contributed by atoms with Crippen molar-refractivity contribution in [2.75, 3.05) is 0 Å². The van der Waals surface area contributed by atoms with Gasteiger partial charge in [-0.3, -0.25) is 4.79 Å². The Morgan fingerprint density at radius 1 is 1.12 bits per heavy atom. The normalized spacial score (nSPS) is 17.2. The lowest BCUT2D eigenvalue weighted by atomic mass is 10.1. The predicted molar refractivity (Wildman–Crippen MR) is 116 cm³/mol. The summed E-state index contributed by atoms with van der Waals surface area (Å²) >= 11 is 5.70. The van der Waals surface area contributed by atoms with Gasteiger partial charge in [0.25, 0.3) is 5.91 Å². The van der Waals surface area contributed by atoms with E-state index in [9.17, 15) is 4.79 Å². The topological polar surface area (TPSA) is 45.0 Å². The summed E-state index contributed by atoms with van der Waals surface area (Å²) in [4.78, 5) is 23.9. The molecule has 2 aliphatic rings. The second kappa shape index (κ2) is 7.28. The number of hydrogen-bond acceptors (Lipinski definition) is 2. The van der Waals surface area contributed by atoms with Crippen molar-refractivity contribution in [2.45, 2.75) is 6.54 Å². The van der Waals surface area contributed by atoms with Gasteiger partial charge in [0.2, 0.25) is 0 Å². The maximum absolute atomic E-state index is 12.7. The van der Waals surface area contributed by atoms with Crippen molar-refractivity contribution < 1.29 is 4.79 Å². The summed E-state index contributed by atoms with van der Waals surface area (Å²) < 4.78 is 1.85. The van der Waals surface area contributed by atoms with Crippen molar-refractivity contribution in [1.82, 2.24) is 4.90 Å². The zero-order valence-electron chi connectivity index (χ0n) is 13.6. The molecule has 0 aliphatic carbocycles. The van der Waals surface area contributed by atoms with Crippen LogP contribution in [-0.2, 0) is 6.54 Å². The number of benzene rings is 2. The number of amidine groups is 2. The van der Waals surface area contributed by atoms with Crippen molar-refractivity contribution >= 4 is 56.1 Å². The number of amides is 1. The smallest absolute Gasteiger partial charge is 0.280 e. The molecule has 4 rings (SSSR count). The largest absolute Gasteiger partial charge is 0.327 e. The van der Waals surface area contributed by atoms with Crippen LogP contribution in [0.2, 0.25) is 0 Å². The first kappa shape index (κ1) is 17.4. The molecule has 1 amide bonds. The lowest BCUT2D eigenvalue weighted by Gasteiger charge is -2.21. The number of fused-ring (bicyclic) bond motifs is 2. The number of nitrogens with zero attached hydrogens (tertiary/aromatic N) is 3. The Kier molecular flexibility index (Phi) is 4.86. The van der Waals surface area contributed by atoms with Crippen LogP contribution in [-0.4, -0.2) is 22.5 Å². The molecule has 0 radical (unpaired) electrons. The van der Waals surface area contributed by atoms with Crippen LogP contribution in [0.5, 0.6) is 0 Å². The van der Waals surface area contributed by atoms with Crippen LogP contribution < -0.4 is 0 Å². The second-order valence-electron chi connectivity index (χ2n) is 5.82. The van der Waals surface area contributed by atoms with Gasteiger partial charge in [-0.2, -0.15) is 4.99 Å². The molecule has 0 unspecified atom stereocenters. The van der Waals surface area contributed by atoms with Crippen molar-refractivity contribution in [3.8, 4) is 0 Å². The molecule has 0 saturated carbocycles.